The van der Waals surface area contributed by atoms with Crippen molar-refractivity contribution in [3.05, 3.63) is 100 Å². The van der Waals surface area contributed by atoms with Crippen molar-refractivity contribution in [1.82, 2.24) is 10.4 Å². The van der Waals surface area contributed by atoms with Crippen LogP contribution in [0.2, 0.25) is 10.0 Å². The third kappa shape index (κ3) is 3.68. The monoisotopic (exact) mass is 474 g/mol. The third-order valence-electron chi connectivity index (χ3n) is 5.47. The van der Waals surface area contributed by atoms with Crippen LogP contribution in [0.25, 0.3) is 0 Å². The number of hydrogen-bond donors (Lipinski definition) is 3. The average molecular weight is 475 g/mol. The van der Waals surface area contributed by atoms with Gasteiger partial charge in [0.1, 0.15) is 0 Å². The van der Waals surface area contributed by atoms with Gasteiger partial charge in [-0.1, -0.05) is 65.7 Å². The van der Waals surface area contributed by atoms with E-state index in [9.17, 15) is 8.42 Å². The minimum Gasteiger partial charge on any atom is -0.369 e. The SMILES string of the molecule is N=C(N)N1CC(c2ccccc2)C(c2ccc(Cl)cc2)(S(=O)(=O)c2ccc(Cl)cc2)N1. The van der Waals surface area contributed by atoms with Crippen molar-refractivity contribution in [2.24, 2.45) is 5.73 Å². The summed E-state index contributed by atoms with van der Waals surface area (Å²) in [6, 6.07) is 22.0. The third-order valence-corrected chi connectivity index (χ3v) is 8.33. The molecule has 3 aromatic carbocycles. The maximum atomic E-state index is 14.2. The van der Waals surface area contributed by atoms with Crippen LogP contribution >= 0.6 is 23.2 Å². The summed E-state index contributed by atoms with van der Waals surface area (Å²) in [5.41, 5.74) is 10.1. The zero-order chi connectivity index (χ0) is 22.2. The second-order valence-electron chi connectivity index (χ2n) is 7.27. The van der Waals surface area contributed by atoms with Crippen LogP contribution in [-0.2, 0) is 14.7 Å². The molecule has 1 heterocycles. The van der Waals surface area contributed by atoms with Crippen LogP contribution in [0.1, 0.15) is 17.0 Å². The van der Waals surface area contributed by atoms with Crippen molar-refractivity contribution in [2.45, 2.75) is 15.7 Å². The minimum absolute atomic E-state index is 0.102. The summed E-state index contributed by atoms with van der Waals surface area (Å²) >= 11 is 12.1. The van der Waals surface area contributed by atoms with Crippen LogP contribution in [0.3, 0.4) is 0 Å². The van der Waals surface area contributed by atoms with Crippen molar-refractivity contribution >= 4 is 39.0 Å². The molecule has 0 amide bonds. The van der Waals surface area contributed by atoms with E-state index in [4.69, 9.17) is 34.3 Å². The predicted octanol–water partition coefficient (Wildman–Crippen LogP) is 4.12. The van der Waals surface area contributed by atoms with Gasteiger partial charge in [-0.15, -0.1) is 0 Å². The van der Waals surface area contributed by atoms with Crippen LogP contribution in [0.5, 0.6) is 0 Å². The van der Waals surface area contributed by atoms with Gasteiger partial charge in [-0.05, 0) is 47.5 Å². The summed E-state index contributed by atoms with van der Waals surface area (Å²) in [4.78, 5) is -1.52. The highest BCUT2D eigenvalue weighted by atomic mass is 35.5. The van der Waals surface area contributed by atoms with Gasteiger partial charge in [0.15, 0.2) is 4.87 Å². The Morgan fingerprint density at radius 3 is 2.06 bits per heavy atom. The van der Waals surface area contributed by atoms with Gasteiger partial charge in [0, 0.05) is 22.5 Å². The molecule has 2 atom stereocenters. The number of sulfone groups is 1. The van der Waals surface area contributed by atoms with Crippen molar-refractivity contribution in [2.75, 3.05) is 6.54 Å². The average Bonchev–Trinajstić information content (AvgIpc) is 3.18. The van der Waals surface area contributed by atoms with E-state index < -0.39 is 20.6 Å². The zero-order valence-electron chi connectivity index (χ0n) is 16.3. The summed E-state index contributed by atoms with van der Waals surface area (Å²) in [6.45, 7) is 0.189. The Kier molecular flexibility index (Phi) is 5.70. The van der Waals surface area contributed by atoms with Crippen molar-refractivity contribution < 1.29 is 8.42 Å². The number of hydrazine groups is 1. The van der Waals surface area contributed by atoms with Crippen LogP contribution in [0, 0.1) is 5.41 Å². The maximum Gasteiger partial charge on any atom is 0.203 e. The highest BCUT2D eigenvalue weighted by Crippen LogP contribution is 2.48. The Balaban J connectivity index is 2.02. The van der Waals surface area contributed by atoms with E-state index in [0.29, 0.717) is 15.6 Å². The lowest BCUT2D eigenvalue weighted by atomic mass is 9.88. The number of nitrogens with one attached hydrogen (secondary N) is 2. The number of nitrogens with two attached hydrogens (primary N) is 1. The molecule has 9 heteroatoms. The van der Waals surface area contributed by atoms with Crippen LogP contribution in [0.15, 0.2) is 83.8 Å². The second kappa shape index (κ2) is 8.16. The number of benzene rings is 3. The molecule has 3 aromatic rings. The van der Waals surface area contributed by atoms with Gasteiger partial charge < -0.3 is 5.73 Å². The Bertz CT molecular complexity index is 1200. The second-order valence-corrected chi connectivity index (χ2v) is 10.3. The van der Waals surface area contributed by atoms with E-state index in [0.717, 1.165) is 5.56 Å². The van der Waals surface area contributed by atoms with E-state index >= 15 is 0 Å². The minimum atomic E-state index is -4.05. The van der Waals surface area contributed by atoms with Gasteiger partial charge in [-0.25, -0.2) is 13.8 Å². The van der Waals surface area contributed by atoms with Crippen LogP contribution in [-0.4, -0.2) is 25.9 Å². The first-order valence-electron chi connectivity index (χ1n) is 9.46. The lowest BCUT2D eigenvalue weighted by Crippen LogP contribution is -2.53. The fourth-order valence-electron chi connectivity index (χ4n) is 3.98. The summed E-state index contributed by atoms with van der Waals surface area (Å²) in [5, 5.41) is 10.2. The summed E-state index contributed by atoms with van der Waals surface area (Å²) in [7, 11) is -4.05. The fraction of sp³-hybridized carbons (Fsp3) is 0.136. The van der Waals surface area contributed by atoms with E-state index in [2.05, 4.69) is 5.43 Å². The molecule has 4 N–H and O–H groups in total. The number of rotatable bonds is 4. The van der Waals surface area contributed by atoms with E-state index in [1.54, 1.807) is 36.4 Å². The van der Waals surface area contributed by atoms with E-state index in [1.165, 1.54) is 17.1 Å². The highest BCUT2D eigenvalue weighted by molar-refractivity contribution is 7.92. The van der Waals surface area contributed by atoms with Crippen molar-refractivity contribution in [3.8, 4) is 0 Å². The zero-order valence-corrected chi connectivity index (χ0v) is 18.6. The van der Waals surface area contributed by atoms with E-state index in [1.807, 2.05) is 30.3 Å². The molecule has 0 aliphatic carbocycles. The molecule has 0 radical (unpaired) electrons. The molecule has 1 saturated heterocycles. The van der Waals surface area contributed by atoms with Gasteiger partial charge in [-0.2, -0.15) is 0 Å². The molecule has 2 unspecified atom stereocenters. The topological polar surface area (TPSA) is 99.3 Å². The number of halogens is 2. The molecule has 4 rings (SSSR count). The Morgan fingerprint density at radius 2 is 1.52 bits per heavy atom. The lowest BCUT2D eigenvalue weighted by molar-refractivity contribution is 0.335. The Hall–Kier alpha value is -2.58. The van der Waals surface area contributed by atoms with Crippen LogP contribution in [0.4, 0.5) is 0 Å². The smallest absolute Gasteiger partial charge is 0.203 e. The molecule has 0 spiro atoms. The first kappa shape index (κ1) is 21.6. The molecule has 160 valence electrons. The molecule has 1 fully saturated rings. The molecule has 1 aliphatic heterocycles. The molecule has 0 aromatic heterocycles. The predicted molar refractivity (Wildman–Crippen MR) is 123 cm³/mol. The number of hydrogen-bond acceptors (Lipinski definition) is 4. The number of guanidine groups is 1. The van der Waals surface area contributed by atoms with Gasteiger partial charge in [0.2, 0.25) is 15.8 Å². The Labute approximate surface area is 191 Å². The summed E-state index contributed by atoms with van der Waals surface area (Å²) < 4.78 is 28.5. The van der Waals surface area contributed by atoms with E-state index in [-0.39, 0.29) is 17.4 Å². The molecule has 0 bridgehead atoms. The van der Waals surface area contributed by atoms with Crippen LogP contribution < -0.4 is 11.2 Å². The lowest BCUT2D eigenvalue weighted by Gasteiger charge is -2.35. The first-order chi connectivity index (χ1) is 14.8. The maximum absolute atomic E-state index is 14.2. The Morgan fingerprint density at radius 1 is 0.968 bits per heavy atom. The van der Waals surface area contributed by atoms with Gasteiger partial charge >= 0.3 is 0 Å². The standard InChI is InChI=1S/C22H20Cl2N4O2S/c23-17-8-6-16(7-9-17)22(31(29,30)19-12-10-18(24)11-13-19)20(14-28(27-22)21(25)26)15-4-2-1-3-5-15/h1-13,20,27H,14H2,(H3,25,26). The van der Waals surface area contributed by atoms with Crippen molar-refractivity contribution in [1.29, 1.82) is 5.41 Å². The normalized spacial score (nSPS) is 21.2. The molecular weight excluding hydrogens is 455 g/mol. The van der Waals surface area contributed by atoms with Gasteiger partial charge in [-0.3, -0.25) is 10.4 Å². The molecule has 6 nitrogen and oxygen atoms in total. The summed E-state index contributed by atoms with van der Waals surface area (Å²) in [6.07, 6.45) is 0. The van der Waals surface area contributed by atoms with Crippen molar-refractivity contribution in [3.63, 3.8) is 0 Å². The highest BCUT2D eigenvalue weighted by Gasteiger charge is 2.58. The summed E-state index contributed by atoms with van der Waals surface area (Å²) in [5.74, 6) is -0.845. The largest absolute Gasteiger partial charge is 0.369 e. The molecule has 0 saturated carbocycles. The molecule has 31 heavy (non-hydrogen) atoms. The van der Waals surface area contributed by atoms with Gasteiger partial charge in [0.05, 0.1) is 4.90 Å². The quantitative estimate of drug-likeness (QED) is 0.390. The number of nitrogens with zero attached hydrogens (tertiary/aromatic N) is 1. The first-order valence-corrected chi connectivity index (χ1v) is 11.7. The fourth-order valence-corrected chi connectivity index (χ4v) is 6.36. The van der Waals surface area contributed by atoms with Gasteiger partial charge in [0.25, 0.3) is 0 Å². The molecule has 1 aliphatic rings. The molecular formula is C22H20Cl2N4O2S.